The van der Waals surface area contributed by atoms with Gasteiger partial charge in [-0.05, 0) is 48.4 Å². The van der Waals surface area contributed by atoms with E-state index >= 15 is 0 Å². The molecule has 2 aromatic carbocycles. The highest BCUT2D eigenvalue weighted by Crippen LogP contribution is 2.37. The minimum Gasteiger partial charge on any atom is -0.493 e. The van der Waals surface area contributed by atoms with E-state index in [0.29, 0.717) is 53.4 Å². The number of ketones is 1. The first-order chi connectivity index (χ1) is 14.5. The fraction of sp³-hybridized carbons (Fsp3) is 0.348. The maximum absolute atomic E-state index is 12.6. The molecule has 0 aliphatic rings. The van der Waals surface area contributed by atoms with Gasteiger partial charge in [-0.2, -0.15) is 0 Å². The van der Waals surface area contributed by atoms with Crippen molar-refractivity contribution in [3.8, 4) is 23.0 Å². The molecule has 0 fully saturated rings. The highest BCUT2D eigenvalue weighted by atomic mass is 35.5. The molecule has 30 heavy (non-hydrogen) atoms. The zero-order valence-electron chi connectivity index (χ0n) is 17.7. The fourth-order valence-electron chi connectivity index (χ4n) is 2.62. The molecule has 0 atom stereocenters. The van der Waals surface area contributed by atoms with E-state index in [1.165, 1.54) is 13.2 Å². The average molecular weight is 435 g/mol. The molecule has 0 saturated carbocycles. The Kier molecular flexibility index (Phi) is 9.51. The molecular formula is C23H27ClO6. The van der Waals surface area contributed by atoms with E-state index in [4.69, 9.17) is 35.3 Å². The van der Waals surface area contributed by atoms with Crippen LogP contribution in [-0.2, 0) is 4.74 Å². The molecule has 0 bridgehead atoms. The molecule has 6 nitrogen and oxygen atoms in total. The van der Waals surface area contributed by atoms with Crippen LogP contribution in [0.4, 0.5) is 0 Å². The number of allylic oxidation sites excluding steroid dienone is 1. The summed E-state index contributed by atoms with van der Waals surface area (Å²) in [6, 6.07) is 8.53. The van der Waals surface area contributed by atoms with Gasteiger partial charge < -0.3 is 23.7 Å². The maximum atomic E-state index is 12.6. The van der Waals surface area contributed by atoms with E-state index < -0.39 is 0 Å². The number of rotatable bonds is 12. The number of hydrogen-bond donors (Lipinski definition) is 0. The monoisotopic (exact) mass is 434 g/mol. The van der Waals surface area contributed by atoms with E-state index in [0.717, 1.165) is 12.0 Å². The van der Waals surface area contributed by atoms with Gasteiger partial charge in [0, 0.05) is 12.7 Å². The Hall–Kier alpha value is -2.70. The lowest BCUT2D eigenvalue weighted by Gasteiger charge is -2.12. The molecule has 0 heterocycles. The number of methoxy groups -OCH3 is 3. The third-order valence-electron chi connectivity index (χ3n) is 4.12. The zero-order chi connectivity index (χ0) is 21.9. The first kappa shape index (κ1) is 23.6. The van der Waals surface area contributed by atoms with E-state index in [1.807, 2.05) is 6.92 Å². The van der Waals surface area contributed by atoms with Crippen molar-refractivity contribution in [3.63, 3.8) is 0 Å². The molecule has 0 unspecified atom stereocenters. The van der Waals surface area contributed by atoms with Crippen LogP contribution in [0.5, 0.6) is 23.0 Å². The second kappa shape index (κ2) is 12.1. The van der Waals surface area contributed by atoms with Gasteiger partial charge in [0.15, 0.2) is 28.8 Å². The van der Waals surface area contributed by atoms with Gasteiger partial charge in [-0.25, -0.2) is 0 Å². The van der Waals surface area contributed by atoms with Crippen molar-refractivity contribution in [1.29, 1.82) is 0 Å². The highest BCUT2D eigenvalue weighted by Gasteiger charge is 2.12. The summed E-state index contributed by atoms with van der Waals surface area (Å²) in [5.41, 5.74) is 1.20. The third kappa shape index (κ3) is 6.40. The number of hydrogen-bond acceptors (Lipinski definition) is 6. The van der Waals surface area contributed by atoms with Gasteiger partial charge in [0.05, 0.1) is 32.5 Å². The molecule has 162 valence electrons. The van der Waals surface area contributed by atoms with E-state index in [9.17, 15) is 4.79 Å². The Morgan fingerprint density at radius 1 is 0.933 bits per heavy atom. The fourth-order valence-corrected chi connectivity index (χ4v) is 2.90. The predicted octanol–water partition coefficient (Wildman–Crippen LogP) is 5.07. The molecule has 0 aliphatic heterocycles. The van der Waals surface area contributed by atoms with Crippen LogP contribution in [0.15, 0.2) is 36.4 Å². The minimum absolute atomic E-state index is 0.182. The summed E-state index contributed by atoms with van der Waals surface area (Å²) in [6.45, 7) is 3.40. The van der Waals surface area contributed by atoms with Crippen LogP contribution in [-0.4, -0.2) is 46.9 Å². The van der Waals surface area contributed by atoms with Gasteiger partial charge in [0.25, 0.3) is 0 Å². The number of halogens is 1. The second-order valence-electron chi connectivity index (χ2n) is 6.29. The molecule has 0 amide bonds. The molecule has 2 rings (SSSR count). The molecule has 0 N–H and O–H groups in total. The van der Waals surface area contributed by atoms with Crippen molar-refractivity contribution >= 4 is 23.5 Å². The smallest absolute Gasteiger partial charge is 0.185 e. The first-order valence-corrected chi connectivity index (χ1v) is 9.94. The number of carbonyl (C=O) groups is 1. The average Bonchev–Trinajstić information content (AvgIpc) is 2.76. The van der Waals surface area contributed by atoms with Crippen LogP contribution in [0.2, 0.25) is 5.02 Å². The Bertz CT molecular complexity index is 878. The van der Waals surface area contributed by atoms with E-state index in [-0.39, 0.29) is 5.78 Å². The molecule has 0 radical (unpaired) electrons. The van der Waals surface area contributed by atoms with E-state index in [2.05, 4.69) is 0 Å². The summed E-state index contributed by atoms with van der Waals surface area (Å²) in [6.07, 6.45) is 4.00. The van der Waals surface area contributed by atoms with Gasteiger partial charge in [0.1, 0.15) is 6.61 Å². The summed E-state index contributed by atoms with van der Waals surface area (Å²) in [4.78, 5) is 12.6. The van der Waals surface area contributed by atoms with Gasteiger partial charge in [0.2, 0.25) is 0 Å². The third-order valence-corrected chi connectivity index (χ3v) is 4.40. The largest absolute Gasteiger partial charge is 0.493 e. The number of ether oxygens (including phenoxy) is 5. The van der Waals surface area contributed by atoms with Crippen molar-refractivity contribution < 1.29 is 28.5 Å². The van der Waals surface area contributed by atoms with Gasteiger partial charge in [-0.3, -0.25) is 4.79 Å². The quantitative estimate of drug-likeness (QED) is 0.264. The molecular weight excluding hydrogens is 408 g/mol. The Morgan fingerprint density at radius 3 is 2.37 bits per heavy atom. The number of carbonyl (C=O) groups excluding carboxylic acids is 1. The molecule has 2 aromatic rings. The first-order valence-electron chi connectivity index (χ1n) is 9.56. The molecule has 7 heteroatoms. The Labute approximate surface area is 182 Å². The van der Waals surface area contributed by atoms with Crippen LogP contribution in [0.25, 0.3) is 6.08 Å². The van der Waals surface area contributed by atoms with Crippen LogP contribution in [0.1, 0.15) is 29.3 Å². The van der Waals surface area contributed by atoms with Crippen LogP contribution in [0.3, 0.4) is 0 Å². The van der Waals surface area contributed by atoms with Crippen molar-refractivity contribution in [2.24, 2.45) is 0 Å². The standard InChI is InChI=1S/C23H27ClO6/c1-5-10-30-23-18(24)13-16(14-22(23)28-4)6-8-19(25)17-7-9-20(21(15-17)27-3)29-12-11-26-2/h6-9,13-15H,5,10-12H2,1-4H3/b8-6+. The Balaban J connectivity index is 2.18. The zero-order valence-corrected chi connectivity index (χ0v) is 18.5. The lowest BCUT2D eigenvalue weighted by atomic mass is 10.1. The Morgan fingerprint density at radius 2 is 1.70 bits per heavy atom. The molecule has 0 spiro atoms. The molecule has 0 aliphatic carbocycles. The molecule has 0 aromatic heterocycles. The van der Waals surface area contributed by atoms with Crippen molar-refractivity contribution in [1.82, 2.24) is 0 Å². The predicted molar refractivity (Wildman–Crippen MR) is 118 cm³/mol. The lowest BCUT2D eigenvalue weighted by molar-refractivity contribution is 0.104. The summed E-state index contributed by atoms with van der Waals surface area (Å²) < 4.78 is 26.9. The van der Waals surface area contributed by atoms with E-state index in [1.54, 1.807) is 50.6 Å². The van der Waals surface area contributed by atoms with Gasteiger partial charge in [-0.15, -0.1) is 0 Å². The summed E-state index contributed by atoms with van der Waals surface area (Å²) in [5, 5.41) is 0.425. The molecule has 0 saturated heterocycles. The van der Waals surface area contributed by atoms with Crippen LogP contribution >= 0.6 is 11.6 Å². The van der Waals surface area contributed by atoms with Crippen LogP contribution in [0, 0.1) is 0 Å². The SMILES string of the molecule is CCCOc1c(Cl)cc(/C=C/C(=O)c2ccc(OCCOC)c(OC)c2)cc1OC. The summed E-state index contributed by atoms with van der Waals surface area (Å²) in [5.74, 6) is 1.86. The maximum Gasteiger partial charge on any atom is 0.185 e. The topological polar surface area (TPSA) is 63.2 Å². The van der Waals surface area contributed by atoms with Gasteiger partial charge >= 0.3 is 0 Å². The van der Waals surface area contributed by atoms with Crippen LogP contribution < -0.4 is 18.9 Å². The highest BCUT2D eigenvalue weighted by molar-refractivity contribution is 6.32. The van der Waals surface area contributed by atoms with Crippen molar-refractivity contribution in [3.05, 3.63) is 52.6 Å². The van der Waals surface area contributed by atoms with Crippen molar-refractivity contribution in [2.45, 2.75) is 13.3 Å². The minimum atomic E-state index is -0.182. The summed E-state index contributed by atoms with van der Waals surface area (Å²) in [7, 11) is 4.67. The second-order valence-corrected chi connectivity index (χ2v) is 6.69. The lowest BCUT2D eigenvalue weighted by Crippen LogP contribution is -2.06. The van der Waals surface area contributed by atoms with Gasteiger partial charge in [-0.1, -0.05) is 24.6 Å². The normalized spacial score (nSPS) is 10.8. The summed E-state index contributed by atoms with van der Waals surface area (Å²) >= 11 is 6.33. The number of benzene rings is 2. The van der Waals surface area contributed by atoms with Crippen molar-refractivity contribution in [2.75, 3.05) is 41.2 Å².